The van der Waals surface area contributed by atoms with Gasteiger partial charge in [0.15, 0.2) is 5.65 Å². The minimum Gasteiger partial charge on any atom is -0.457 e. The Morgan fingerprint density at radius 1 is 0.967 bits per heavy atom. The van der Waals surface area contributed by atoms with Gasteiger partial charge in [-0.15, -0.1) is 0 Å². The van der Waals surface area contributed by atoms with Crippen LogP contribution in [0.1, 0.15) is 5.56 Å². The van der Waals surface area contributed by atoms with Gasteiger partial charge in [-0.3, -0.25) is 0 Å². The van der Waals surface area contributed by atoms with Gasteiger partial charge in [-0.1, -0.05) is 0 Å². The zero-order valence-electron chi connectivity index (χ0n) is 15.7. The molecular weight excluding hydrogens is 390 g/mol. The van der Waals surface area contributed by atoms with Crippen molar-refractivity contribution in [1.82, 2.24) is 24.6 Å². The Bertz CT molecular complexity index is 1400. The molecule has 5 aromatic rings. The third kappa shape index (κ3) is 3.26. The zero-order chi connectivity index (χ0) is 20.7. The second kappa shape index (κ2) is 7.03. The van der Waals surface area contributed by atoms with E-state index in [1.807, 2.05) is 13.0 Å². The van der Waals surface area contributed by atoms with Crippen molar-refractivity contribution in [3.63, 3.8) is 0 Å². The number of anilines is 2. The van der Waals surface area contributed by atoms with Crippen molar-refractivity contribution in [2.75, 3.05) is 5.32 Å². The number of hydrogen-bond acceptors (Lipinski definition) is 6. The van der Waals surface area contributed by atoms with Crippen LogP contribution in [0.5, 0.6) is 11.5 Å². The smallest absolute Gasteiger partial charge is 0.158 e. The average molecular weight is 404 g/mol. The largest absolute Gasteiger partial charge is 0.457 e. The number of nitrogens with one attached hydrogen (secondary N) is 1. The molecule has 3 aromatic heterocycles. The van der Waals surface area contributed by atoms with Crippen molar-refractivity contribution in [1.29, 1.82) is 0 Å². The van der Waals surface area contributed by atoms with E-state index in [1.165, 1.54) is 18.7 Å². The van der Waals surface area contributed by atoms with Gasteiger partial charge in [0.05, 0.1) is 10.9 Å². The van der Waals surface area contributed by atoms with Gasteiger partial charge in [0, 0.05) is 30.1 Å². The van der Waals surface area contributed by atoms with Crippen LogP contribution in [0, 0.1) is 18.6 Å². The van der Waals surface area contributed by atoms with E-state index in [2.05, 4.69) is 25.4 Å². The van der Waals surface area contributed by atoms with Crippen LogP contribution in [0.2, 0.25) is 0 Å². The lowest BCUT2D eigenvalue weighted by Crippen LogP contribution is -1.99. The third-order valence-electron chi connectivity index (χ3n) is 4.57. The maximum Gasteiger partial charge on any atom is 0.158 e. The Balaban J connectivity index is 1.43. The van der Waals surface area contributed by atoms with Crippen LogP contribution in [0.15, 0.2) is 61.3 Å². The zero-order valence-corrected chi connectivity index (χ0v) is 15.7. The Kier molecular flexibility index (Phi) is 4.20. The van der Waals surface area contributed by atoms with E-state index in [0.717, 1.165) is 11.6 Å². The van der Waals surface area contributed by atoms with E-state index in [-0.39, 0.29) is 16.7 Å². The number of rotatable bonds is 4. The molecule has 0 atom stereocenters. The molecule has 0 saturated carbocycles. The summed E-state index contributed by atoms with van der Waals surface area (Å²) in [4.78, 5) is 12.2. The van der Waals surface area contributed by atoms with Crippen LogP contribution in [-0.4, -0.2) is 24.6 Å². The van der Waals surface area contributed by atoms with Crippen LogP contribution in [0.3, 0.4) is 0 Å². The molecule has 0 aliphatic rings. The summed E-state index contributed by atoms with van der Waals surface area (Å²) in [5, 5.41) is 7.25. The summed E-state index contributed by atoms with van der Waals surface area (Å²) in [5.74, 6) is 0.123. The number of fused-ring (bicyclic) bond motifs is 2. The Morgan fingerprint density at radius 2 is 1.87 bits per heavy atom. The molecule has 1 N–H and O–H groups in total. The maximum absolute atomic E-state index is 14.3. The van der Waals surface area contributed by atoms with Crippen molar-refractivity contribution in [3.8, 4) is 11.5 Å². The van der Waals surface area contributed by atoms with Gasteiger partial charge >= 0.3 is 0 Å². The van der Waals surface area contributed by atoms with Gasteiger partial charge in [0.25, 0.3) is 0 Å². The van der Waals surface area contributed by atoms with Gasteiger partial charge in [0.2, 0.25) is 0 Å². The molecule has 2 aromatic carbocycles. The number of hydrogen-bond donors (Lipinski definition) is 1. The lowest BCUT2D eigenvalue weighted by atomic mass is 10.2. The molecule has 0 fully saturated rings. The lowest BCUT2D eigenvalue weighted by molar-refractivity contribution is 0.478. The number of nitrogens with zero attached hydrogens (tertiary/aromatic N) is 5. The summed E-state index contributed by atoms with van der Waals surface area (Å²) in [6, 6.07) is 11.0. The highest BCUT2D eigenvalue weighted by Gasteiger charge is 2.12. The van der Waals surface area contributed by atoms with E-state index in [1.54, 1.807) is 35.0 Å². The van der Waals surface area contributed by atoms with E-state index < -0.39 is 11.6 Å². The molecule has 148 valence electrons. The first kappa shape index (κ1) is 17.9. The summed E-state index contributed by atoms with van der Waals surface area (Å²) in [6.07, 6.45) is 4.49. The lowest BCUT2D eigenvalue weighted by Gasteiger charge is -2.13. The number of aromatic nitrogens is 5. The molecule has 0 amide bonds. The fourth-order valence-electron chi connectivity index (χ4n) is 3.17. The number of benzene rings is 2. The minimum atomic E-state index is -0.728. The normalized spacial score (nSPS) is 11.2. The molecule has 0 bridgehead atoms. The van der Waals surface area contributed by atoms with Crippen molar-refractivity contribution in [2.24, 2.45) is 0 Å². The van der Waals surface area contributed by atoms with Crippen LogP contribution < -0.4 is 10.1 Å². The highest BCUT2D eigenvalue weighted by molar-refractivity contribution is 5.91. The van der Waals surface area contributed by atoms with Crippen LogP contribution in [0.25, 0.3) is 16.6 Å². The van der Waals surface area contributed by atoms with Crippen molar-refractivity contribution in [2.45, 2.75) is 6.92 Å². The average Bonchev–Trinajstić information content (AvgIpc) is 3.17. The van der Waals surface area contributed by atoms with Gasteiger partial charge in [-0.05, 0) is 36.8 Å². The Hall–Kier alpha value is -4.14. The molecule has 3 heterocycles. The molecule has 0 radical (unpaired) electrons. The molecule has 30 heavy (non-hydrogen) atoms. The maximum atomic E-state index is 14.3. The minimum absolute atomic E-state index is 0.124. The topological polar surface area (TPSA) is 77.2 Å². The fraction of sp³-hybridized carbons (Fsp3) is 0.0476. The number of ether oxygens (including phenoxy) is 1. The molecule has 0 spiro atoms. The predicted molar refractivity (Wildman–Crippen MR) is 107 cm³/mol. The summed E-state index contributed by atoms with van der Waals surface area (Å²) in [5.41, 5.74) is 2.39. The van der Waals surface area contributed by atoms with E-state index in [9.17, 15) is 8.78 Å². The molecule has 9 heteroatoms. The first-order valence-corrected chi connectivity index (χ1v) is 9.01. The van der Waals surface area contributed by atoms with Crippen LogP contribution >= 0.6 is 0 Å². The van der Waals surface area contributed by atoms with Crippen molar-refractivity contribution >= 4 is 28.1 Å². The summed E-state index contributed by atoms with van der Waals surface area (Å²) >= 11 is 0. The van der Waals surface area contributed by atoms with Gasteiger partial charge in [0.1, 0.15) is 41.6 Å². The van der Waals surface area contributed by atoms with Crippen LogP contribution in [-0.2, 0) is 0 Å². The Labute approximate surface area is 169 Å². The summed E-state index contributed by atoms with van der Waals surface area (Å²) < 4.78 is 35.3. The fourth-order valence-corrected chi connectivity index (χ4v) is 3.17. The number of halogens is 2. The van der Waals surface area contributed by atoms with E-state index in [0.29, 0.717) is 22.8 Å². The molecule has 5 rings (SSSR count). The summed E-state index contributed by atoms with van der Waals surface area (Å²) in [7, 11) is 0. The molecule has 7 nitrogen and oxygen atoms in total. The van der Waals surface area contributed by atoms with E-state index in [4.69, 9.17) is 4.74 Å². The van der Waals surface area contributed by atoms with Gasteiger partial charge in [-0.25, -0.2) is 28.2 Å². The van der Waals surface area contributed by atoms with Crippen molar-refractivity contribution < 1.29 is 13.5 Å². The third-order valence-corrected chi connectivity index (χ3v) is 4.57. The molecular formula is C21H14F2N6O. The van der Waals surface area contributed by atoms with E-state index >= 15 is 0 Å². The standard InChI is InChI=1S/C21H14F2N6O/c1-12-6-14(28-21-20-16(23)7-13(22)8-17(20)24-10-26-21)2-3-18(12)30-15-4-5-29-19(9-15)25-11-27-29/h2-11H,1H3,(H,24,26,28). The SMILES string of the molecule is Cc1cc(Nc2ncnc3cc(F)cc(F)c23)ccc1Oc1ccn2ncnc2c1. The Morgan fingerprint density at radius 3 is 2.73 bits per heavy atom. The molecule has 0 unspecified atom stereocenters. The highest BCUT2D eigenvalue weighted by atomic mass is 19.1. The van der Waals surface area contributed by atoms with Crippen LogP contribution in [0.4, 0.5) is 20.3 Å². The quantitative estimate of drug-likeness (QED) is 0.464. The monoisotopic (exact) mass is 404 g/mol. The second-order valence-corrected chi connectivity index (χ2v) is 6.64. The predicted octanol–water partition coefficient (Wildman–Crippen LogP) is 4.80. The molecule has 0 aliphatic heterocycles. The molecule has 0 aliphatic carbocycles. The van der Waals surface area contributed by atoms with Crippen molar-refractivity contribution in [3.05, 3.63) is 78.5 Å². The van der Waals surface area contributed by atoms with Gasteiger partial charge < -0.3 is 10.1 Å². The van der Waals surface area contributed by atoms with Gasteiger partial charge in [-0.2, -0.15) is 5.10 Å². The number of aryl methyl sites for hydroxylation is 1. The second-order valence-electron chi connectivity index (χ2n) is 6.64. The first-order valence-electron chi connectivity index (χ1n) is 9.01. The highest BCUT2D eigenvalue weighted by Crippen LogP contribution is 2.31. The summed E-state index contributed by atoms with van der Waals surface area (Å²) in [6.45, 7) is 1.89. The number of pyridine rings is 1. The molecule has 0 saturated heterocycles. The first-order chi connectivity index (χ1) is 14.6.